The SMILES string of the molecule is S=C=Nc1ccc(Sc2ccccc2)c2ccccc12. The molecule has 0 bridgehead atoms. The molecule has 3 rings (SSSR count). The number of thiocarbonyl (C=S) groups is 1. The quantitative estimate of drug-likeness (QED) is 0.452. The first-order valence-corrected chi connectivity index (χ1v) is 7.43. The second kappa shape index (κ2) is 6.02. The summed E-state index contributed by atoms with van der Waals surface area (Å²) in [4.78, 5) is 6.58. The molecule has 3 aromatic carbocycles. The van der Waals surface area contributed by atoms with Crippen molar-refractivity contribution in [1.82, 2.24) is 0 Å². The van der Waals surface area contributed by atoms with Gasteiger partial charge in [-0.25, -0.2) is 0 Å². The van der Waals surface area contributed by atoms with E-state index in [1.54, 1.807) is 11.8 Å². The molecule has 3 aromatic rings. The molecule has 1 nitrogen and oxygen atoms in total. The molecule has 0 fully saturated rings. The van der Waals surface area contributed by atoms with Crippen molar-refractivity contribution in [2.45, 2.75) is 9.79 Å². The van der Waals surface area contributed by atoms with Crippen LogP contribution in [0.4, 0.5) is 5.69 Å². The summed E-state index contributed by atoms with van der Waals surface area (Å²) >= 11 is 6.47. The van der Waals surface area contributed by atoms with Crippen LogP contribution in [-0.4, -0.2) is 5.16 Å². The van der Waals surface area contributed by atoms with E-state index in [2.05, 4.69) is 52.6 Å². The zero-order valence-electron chi connectivity index (χ0n) is 10.6. The predicted molar refractivity (Wildman–Crippen MR) is 89.2 cm³/mol. The lowest BCUT2D eigenvalue weighted by molar-refractivity contribution is 1.43. The summed E-state index contributed by atoms with van der Waals surface area (Å²) in [5, 5.41) is 4.74. The molecule has 3 heteroatoms. The van der Waals surface area contributed by atoms with Gasteiger partial charge in [-0.3, -0.25) is 0 Å². The molecule has 0 spiro atoms. The minimum Gasteiger partial charge on any atom is -0.194 e. The van der Waals surface area contributed by atoms with Gasteiger partial charge >= 0.3 is 0 Å². The minimum absolute atomic E-state index is 0.869. The highest BCUT2D eigenvalue weighted by molar-refractivity contribution is 7.99. The second-order valence-corrected chi connectivity index (χ2v) is 5.54. The molecule has 0 aliphatic rings. The topological polar surface area (TPSA) is 12.4 Å². The molecular weight excluding hydrogens is 282 g/mol. The van der Waals surface area contributed by atoms with Gasteiger partial charge in [0.1, 0.15) is 0 Å². The molecule has 20 heavy (non-hydrogen) atoms. The maximum atomic E-state index is 4.71. The number of hydrogen-bond donors (Lipinski definition) is 0. The van der Waals surface area contributed by atoms with Crippen molar-refractivity contribution >= 4 is 45.6 Å². The summed E-state index contributed by atoms with van der Waals surface area (Å²) in [6, 6.07) is 22.7. The van der Waals surface area contributed by atoms with Crippen LogP contribution in [0.2, 0.25) is 0 Å². The second-order valence-electron chi connectivity index (χ2n) is 4.25. The van der Waals surface area contributed by atoms with Crippen LogP contribution in [0.25, 0.3) is 10.8 Å². The van der Waals surface area contributed by atoms with Crippen molar-refractivity contribution in [3.8, 4) is 0 Å². The van der Waals surface area contributed by atoms with Gasteiger partial charge in [-0.15, -0.1) is 0 Å². The third-order valence-corrected chi connectivity index (χ3v) is 4.17. The average Bonchev–Trinajstić information content (AvgIpc) is 2.51. The normalized spacial score (nSPS) is 10.2. The molecule has 0 atom stereocenters. The van der Waals surface area contributed by atoms with Crippen molar-refractivity contribution < 1.29 is 0 Å². The van der Waals surface area contributed by atoms with Gasteiger partial charge in [0.15, 0.2) is 0 Å². The summed E-state index contributed by atoms with van der Waals surface area (Å²) in [7, 11) is 0. The number of nitrogens with zero attached hydrogens (tertiary/aromatic N) is 1. The molecule has 0 aliphatic heterocycles. The Labute approximate surface area is 127 Å². The largest absolute Gasteiger partial charge is 0.194 e. The number of hydrogen-bond acceptors (Lipinski definition) is 3. The van der Waals surface area contributed by atoms with Gasteiger partial charge in [0.25, 0.3) is 0 Å². The minimum atomic E-state index is 0.869. The monoisotopic (exact) mass is 293 g/mol. The number of rotatable bonds is 3. The fourth-order valence-electron chi connectivity index (χ4n) is 2.11. The first kappa shape index (κ1) is 13.1. The highest BCUT2D eigenvalue weighted by Crippen LogP contribution is 2.37. The molecule has 96 valence electrons. The van der Waals surface area contributed by atoms with E-state index < -0.39 is 0 Å². The van der Waals surface area contributed by atoms with Crippen molar-refractivity contribution in [3.63, 3.8) is 0 Å². The van der Waals surface area contributed by atoms with E-state index in [9.17, 15) is 0 Å². The van der Waals surface area contributed by atoms with E-state index >= 15 is 0 Å². The van der Waals surface area contributed by atoms with Gasteiger partial charge < -0.3 is 0 Å². The number of isothiocyanates is 1. The highest BCUT2D eigenvalue weighted by Gasteiger charge is 2.06. The van der Waals surface area contributed by atoms with Crippen LogP contribution >= 0.6 is 24.0 Å². The zero-order chi connectivity index (χ0) is 13.8. The van der Waals surface area contributed by atoms with Crippen LogP contribution < -0.4 is 0 Å². The fourth-order valence-corrected chi connectivity index (χ4v) is 3.18. The van der Waals surface area contributed by atoms with Gasteiger partial charge in [-0.2, -0.15) is 4.99 Å². The summed E-state index contributed by atoms with van der Waals surface area (Å²) < 4.78 is 0. The number of fused-ring (bicyclic) bond motifs is 1. The Kier molecular flexibility index (Phi) is 3.93. The van der Waals surface area contributed by atoms with Gasteiger partial charge in [0, 0.05) is 15.2 Å². The molecule has 0 saturated carbocycles. The van der Waals surface area contributed by atoms with Crippen molar-refractivity contribution in [2.75, 3.05) is 0 Å². The number of benzene rings is 3. The smallest absolute Gasteiger partial charge is 0.0818 e. The Hall–Kier alpha value is -1.93. The van der Waals surface area contributed by atoms with E-state index in [1.165, 1.54) is 15.2 Å². The van der Waals surface area contributed by atoms with Crippen LogP contribution in [0.3, 0.4) is 0 Å². The molecule has 0 saturated heterocycles. The fraction of sp³-hybridized carbons (Fsp3) is 0. The summed E-state index contributed by atoms with van der Waals surface area (Å²) in [5.74, 6) is 0. The third-order valence-electron chi connectivity index (χ3n) is 3.00. The average molecular weight is 293 g/mol. The lowest BCUT2D eigenvalue weighted by Crippen LogP contribution is -1.79. The van der Waals surface area contributed by atoms with Crippen molar-refractivity contribution in [3.05, 3.63) is 66.7 Å². The maximum Gasteiger partial charge on any atom is 0.0818 e. The maximum absolute atomic E-state index is 4.71. The molecule has 0 radical (unpaired) electrons. The Balaban J connectivity index is 2.13. The van der Waals surface area contributed by atoms with Crippen molar-refractivity contribution in [2.24, 2.45) is 4.99 Å². The van der Waals surface area contributed by atoms with Crippen LogP contribution in [0.5, 0.6) is 0 Å². The standard InChI is InChI=1S/C17H11NS2/c19-12-18-16-10-11-17(15-9-5-4-8-14(15)16)20-13-6-2-1-3-7-13/h1-11H. The molecule has 0 aromatic heterocycles. The van der Waals surface area contributed by atoms with Gasteiger partial charge in [0.05, 0.1) is 10.8 Å². The number of aliphatic imine (C=N–C) groups is 1. The summed E-state index contributed by atoms with van der Waals surface area (Å²) in [5.41, 5.74) is 0.869. The van der Waals surface area contributed by atoms with E-state index in [4.69, 9.17) is 12.2 Å². The molecule has 0 aliphatic carbocycles. The first-order chi connectivity index (χ1) is 9.88. The molecule has 0 heterocycles. The van der Waals surface area contributed by atoms with E-state index in [0.29, 0.717) is 0 Å². The van der Waals surface area contributed by atoms with Gasteiger partial charge in [-0.1, -0.05) is 54.2 Å². The van der Waals surface area contributed by atoms with E-state index in [-0.39, 0.29) is 0 Å². The molecular formula is C17H11NS2. The lowest BCUT2D eigenvalue weighted by atomic mass is 10.1. The molecule has 0 unspecified atom stereocenters. The Bertz CT molecular complexity index is 790. The first-order valence-electron chi connectivity index (χ1n) is 6.21. The van der Waals surface area contributed by atoms with Crippen LogP contribution in [0.1, 0.15) is 0 Å². The Morgan fingerprint density at radius 2 is 1.50 bits per heavy atom. The predicted octanol–water partition coefficient (Wildman–Crippen LogP) is 5.73. The van der Waals surface area contributed by atoms with Crippen LogP contribution in [-0.2, 0) is 0 Å². The third kappa shape index (κ3) is 2.66. The Morgan fingerprint density at radius 3 is 2.25 bits per heavy atom. The Morgan fingerprint density at radius 1 is 0.800 bits per heavy atom. The van der Waals surface area contributed by atoms with Crippen molar-refractivity contribution in [1.29, 1.82) is 0 Å². The van der Waals surface area contributed by atoms with E-state index in [0.717, 1.165) is 11.1 Å². The van der Waals surface area contributed by atoms with Crippen LogP contribution in [0.15, 0.2) is 81.5 Å². The van der Waals surface area contributed by atoms with Crippen LogP contribution in [0, 0.1) is 0 Å². The van der Waals surface area contributed by atoms with Gasteiger partial charge in [-0.05, 0) is 41.9 Å². The zero-order valence-corrected chi connectivity index (χ0v) is 12.2. The summed E-state index contributed by atoms with van der Waals surface area (Å²) in [6.45, 7) is 0. The lowest BCUT2D eigenvalue weighted by Gasteiger charge is -2.08. The highest BCUT2D eigenvalue weighted by atomic mass is 32.2. The summed E-state index contributed by atoms with van der Waals surface area (Å²) in [6.07, 6.45) is 0. The van der Waals surface area contributed by atoms with E-state index in [1.807, 2.05) is 24.3 Å². The molecule has 0 amide bonds. The molecule has 0 N–H and O–H groups in total. The van der Waals surface area contributed by atoms with Gasteiger partial charge in [0.2, 0.25) is 0 Å².